The highest BCUT2D eigenvalue weighted by Gasteiger charge is 2.20. The van der Waals surface area contributed by atoms with E-state index in [9.17, 15) is 13.2 Å². The Hall–Kier alpha value is -2.20. The molecule has 0 saturated heterocycles. The van der Waals surface area contributed by atoms with E-state index in [0.717, 1.165) is 0 Å². The topological polar surface area (TPSA) is 115 Å². The Morgan fingerprint density at radius 1 is 1.40 bits per heavy atom. The van der Waals surface area contributed by atoms with Crippen molar-refractivity contribution in [3.05, 3.63) is 18.2 Å². The van der Waals surface area contributed by atoms with Crippen LogP contribution in [0.4, 0.5) is 4.79 Å². The third-order valence-electron chi connectivity index (χ3n) is 2.33. The average Bonchev–Trinajstić information content (AvgIpc) is 2.76. The fraction of sp³-hybridized carbons (Fsp3) is 0.300. The van der Waals surface area contributed by atoms with Crippen molar-refractivity contribution in [2.24, 2.45) is 7.05 Å². The van der Waals surface area contributed by atoms with Gasteiger partial charge >= 0.3 is 6.09 Å². The number of hydrazine groups is 1. The lowest BCUT2D eigenvalue weighted by molar-refractivity contribution is 0.150. The molecule has 1 aromatic carbocycles. The van der Waals surface area contributed by atoms with Gasteiger partial charge in [0.15, 0.2) is 0 Å². The normalized spacial score (nSPS) is 11.5. The highest BCUT2D eigenvalue weighted by molar-refractivity contribution is 7.89. The molecule has 0 aliphatic carbocycles. The fourth-order valence-corrected chi connectivity index (χ4v) is 2.55. The second-order valence-corrected chi connectivity index (χ2v) is 5.42. The van der Waals surface area contributed by atoms with Crippen LogP contribution in [-0.2, 0) is 21.8 Å². The monoisotopic (exact) mass is 299 g/mol. The summed E-state index contributed by atoms with van der Waals surface area (Å²) in [5.74, 6) is 0. The van der Waals surface area contributed by atoms with Gasteiger partial charge in [-0.2, -0.15) is 15.0 Å². The summed E-state index contributed by atoms with van der Waals surface area (Å²) in [6.45, 7) is 1.74. The molecule has 9 nitrogen and oxygen atoms in total. The number of sulfonamides is 1. The number of carbonyl (C=O) groups is 1. The summed E-state index contributed by atoms with van der Waals surface area (Å²) in [7, 11) is -2.38. The summed E-state index contributed by atoms with van der Waals surface area (Å²) in [6, 6.07) is 4.54. The number of fused-ring (bicyclic) bond motifs is 1. The molecule has 0 aliphatic heterocycles. The summed E-state index contributed by atoms with van der Waals surface area (Å²) < 4.78 is 28.8. The predicted octanol–water partition coefficient (Wildman–Crippen LogP) is -0.0923. The van der Waals surface area contributed by atoms with E-state index in [2.05, 4.69) is 14.9 Å². The molecule has 0 fully saturated rings. The van der Waals surface area contributed by atoms with Gasteiger partial charge in [0.05, 0.1) is 6.61 Å². The standard InChI is InChI=1S/C10H13N5O4S/c1-3-19-10(16)11-14-20(17,18)8-6-4-5-7-9(8)13-15(2)12-7/h4-6,14H,3H2,1-2H3,(H,11,16). The van der Waals surface area contributed by atoms with Crippen LogP contribution < -0.4 is 10.3 Å². The molecule has 1 heterocycles. The minimum absolute atomic E-state index is 0.0834. The summed E-state index contributed by atoms with van der Waals surface area (Å²) >= 11 is 0. The average molecular weight is 299 g/mol. The van der Waals surface area contributed by atoms with Crippen molar-refractivity contribution in [3.63, 3.8) is 0 Å². The van der Waals surface area contributed by atoms with Crippen LogP contribution in [-0.4, -0.2) is 36.1 Å². The molecule has 108 valence electrons. The molecule has 2 rings (SSSR count). The summed E-state index contributed by atoms with van der Waals surface area (Å²) in [6.07, 6.45) is -0.887. The number of ether oxygens (including phenoxy) is 1. The molecule has 0 aliphatic rings. The molecule has 10 heteroatoms. The number of amides is 1. The molecular formula is C10H13N5O4S. The maximum absolute atomic E-state index is 12.1. The number of nitrogens with zero attached hydrogens (tertiary/aromatic N) is 3. The number of hydrogen-bond donors (Lipinski definition) is 2. The van der Waals surface area contributed by atoms with Gasteiger partial charge in [0, 0.05) is 7.05 Å². The highest BCUT2D eigenvalue weighted by Crippen LogP contribution is 2.18. The van der Waals surface area contributed by atoms with Crippen LogP contribution in [0.2, 0.25) is 0 Å². The number of aromatic nitrogens is 3. The van der Waals surface area contributed by atoms with Gasteiger partial charge in [0.1, 0.15) is 15.9 Å². The van der Waals surface area contributed by atoms with Gasteiger partial charge in [0.2, 0.25) is 0 Å². The van der Waals surface area contributed by atoms with E-state index in [-0.39, 0.29) is 17.0 Å². The van der Waals surface area contributed by atoms with E-state index in [0.29, 0.717) is 5.52 Å². The molecule has 0 radical (unpaired) electrons. The molecule has 20 heavy (non-hydrogen) atoms. The van der Waals surface area contributed by atoms with Gasteiger partial charge in [-0.15, -0.1) is 4.83 Å². The van der Waals surface area contributed by atoms with Crippen LogP contribution in [0, 0.1) is 0 Å². The van der Waals surface area contributed by atoms with E-state index in [1.807, 2.05) is 10.3 Å². The minimum Gasteiger partial charge on any atom is -0.449 e. The Bertz CT molecular complexity index is 739. The molecule has 1 aromatic heterocycles. The molecule has 0 atom stereocenters. The van der Waals surface area contributed by atoms with Crippen molar-refractivity contribution >= 4 is 27.1 Å². The third kappa shape index (κ3) is 2.86. The van der Waals surface area contributed by atoms with Crippen LogP contribution in [0.3, 0.4) is 0 Å². The molecular weight excluding hydrogens is 286 g/mol. The summed E-state index contributed by atoms with van der Waals surface area (Å²) in [4.78, 5) is 14.2. The van der Waals surface area contributed by atoms with E-state index < -0.39 is 16.1 Å². The van der Waals surface area contributed by atoms with Crippen molar-refractivity contribution in [2.45, 2.75) is 11.8 Å². The van der Waals surface area contributed by atoms with Crippen LogP contribution in [0.15, 0.2) is 23.1 Å². The first-order valence-corrected chi connectivity index (χ1v) is 7.17. The fourth-order valence-electron chi connectivity index (χ4n) is 1.56. The van der Waals surface area contributed by atoms with Crippen molar-refractivity contribution in [1.82, 2.24) is 25.3 Å². The molecule has 0 saturated carbocycles. The smallest absolute Gasteiger partial charge is 0.422 e. The van der Waals surface area contributed by atoms with E-state index in [1.165, 1.54) is 16.9 Å². The van der Waals surface area contributed by atoms with Gasteiger partial charge in [0.25, 0.3) is 10.0 Å². The number of rotatable bonds is 4. The van der Waals surface area contributed by atoms with Crippen LogP contribution in [0.25, 0.3) is 11.0 Å². The SMILES string of the molecule is CCOC(=O)NNS(=O)(=O)c1cccc2nn(C)nc12. The summed E-state index contributed by atoms with van der Waals surface area (Å²) in [5, 5.41) is 8.00. The van der Waals surface area contributed by atoms with Gasteiger partial charge in [-0.1, -0.05) is 6.07 Å². The van der Waals surface area contributed by atoms with Crippen LogP contribution in [0.1, 0.15) is 6.92 Å². The summed E-state index contributed by atoms with van der Waals surface area (Å²) in [5.41, 5.74) is 2.59. The Labute approximate surface area is 114 Å². The Morgan fingerprint density at radius 2 is 2.15 bits per heavy atom. The number of aryl methyl sites for hydroxylation is 1. The molecule has 0 unspecified atom stereocenters. The zero-order valence-corrected chi connectivity index (χ0v) is 11.6. The number of hydrogen-bond acceptors (Lipinski definition) is 6. The van der Waals surface area contributed by atoms with Crippen LogP contribution >= 0.6 is 0 Å². The predicted molar refractivity (Wildman–Crippen MR) is 69.0 cm³/mol. The van der Waals surface area contributed by atoms with Gasteiger partial charge in [-0.05, 0) is 19.1 Å². The molecule has 0 bridgehead atoms. The third-order valence-corrected chi connectivity index (χ3v) is 3.61. The highest BCUT2D eigenvalue weighted by atomic mass is 32.2. The van der Waals surface area contributed by atoms with Gasteiger partial charge in [-0.3, -0.25) is 0 Å². The van der Waals surface area contributed by atoms with Crippen molar-refractivity contribution in [2.75, 3.05) is 6.61 Å². The van der Waals surface area contributed by atoms with E-state index in [4.69, 9.17) is 0 Å². The first-order chi connectivity index (χ1) is 9.44. The van der Waals surface area contributed by atoms with Crippen molar-refractivity contribution < 1.29 is 17.9 Å². The van der Waals surface area contributed by atoms with Crippen LogP contribution in [0.5, 0.6) is 0 Å². The molecule has 2 aromatic rings. The largest absolute Gasteiger partial charge is 0.449 e. The van der Waals surface area contributed by atoms with Gasteiger partial charge in [-0.25, -0.2) is 18.6 Å². The Balaban J connectivity index is 2.30. The molecule has 1 amide bonds. The quantitative estimate of drug-likeness (QED) is 0.762. The number of benzene rings is 1. The number of nitrogens with one attached hydrogen (secondary N) is 2. The maximum atomic E-state index is 12.1. The lowest BCUT2D eigenvalue weighted by Gasteiger charge is -2.08. The Morgan fingerprint density at radius 3 is 2.85 bits per heavy atom. The Kier molecular flexibility index (Phi) is 3.86. The second-order valence-electron chi connectivity index (χ2n) is 3.76. The van der Waals surface area contributed by atoms with E-state index in [1.54, 1.807) is 20.0 Å². The first kappa shape index (κ1) is 14.2. The van der Waals surface area contributed by atoms with Gasteiger partial charge < -0.3 is 4.74 Å². The second kappa shape index (κ2) is 5.43. The van der Waals surface area contributed by atoms with E-state index >= 15 is 0 Å². The van der Waals surface area contributed by atoms with Crippen molar-refractivity contribution in [1.29, 1.82) is 0 Å². The lowest BCUT2D eigenvalue weighted by atomic mass is 10.3. The lowest BCUT2D eigenvalue weighted by Crippen LogP contribution is -2.41. The zero-order chi connectivity index (χ0) is 14.8. The minimum atomic E-state index is -3.96. The first-order valence-electron chi connectivity index (χ1n) is 5.68. The zero-order valence-electron chi connectivity index (χ0n) is 10.8. The molecule has 0 spiro atoms. The maximum Gasteiger partial charge on any atom is 0.422 e. The molecule has 2 N–H and O–H groups in total. The number of carbonyl (C=O) groups excluding carboxylic acids is 1. The van der Waals surface area contributed by atoms with Crippen molar-refractivity contribution in [3.8, 4) is 0 Å².